The molecule has 0 radical (unpaired) electrons. The molecular weight excluding hydrogens is 439 g/mol. The molecule has 5 N–H and O–H groups in total. The van der Waals surface area contributed by atoms with Gasteiger partial charge in [-0.05, 0) is 37.4 Å². The molecule has 2 heterocycles. The zero-order valence-electron chi connectivity index (χ0n) is 19.9. The van der Waals surface area contributed by atoms with Gasteiger partial charge in [0.2, 0.25) is 0 Å². The molecule has 1 aliphatic rings. The maximum atomic E-state index is 14.9. The van der Waals surface area contributed by atoms with E-state index in [1.54, 1.807) is 31.3 Å². The van der Waals surface area contributed by atoms with Gasteiger partial charge in [0.1, 0.15) is 17.6 Å². The smallest absolute Gasteiger partial charge is 0.414 e. The third-order valence-electron chi connectivity index (χ3n) is 5.61. The van der Waals surface area contributed by atoms with Crippen LogP contribution < -0.4 is 21.8 Å². The Balaban J connectivity index is 1.62. The number of carbonyl (C=O) groups is 1. The second-order valence-corrected chi connectivity index (χ2v) is 8.00. The van der Waals surface area contributed by atoms with Crippen LogP contribution in [-0.4, -0.2) is 79.4 Å². The summed E-state index contributed by atoms with van der Waals surface area (Å²) in [6, 6.07) is 7.99. The van der Waals surface area contributed by atoms with Gasteiger partial charge in [-0.3, -0.25) is 9.88 Å². The maximum absolute atomic E-state index is 14.9. The number of pyridine rings is 1. The van der Waals surface area contributed by atoms with Crippen molar-refractivity contribution in [3.05, 3.63) is 48.0 Å². The molecular formula is C23H33FN8O2. The molecule has 0 bridgehead atoms. The molecule has 10 nitrogen and oxygen atoms in total. The summed E-state index contributed by atoms with van der Waals surface area (Å²) >= 11 is 0. The van der Waals surface area contributed by atoms with Crippen molar-refractivity contribution in [1.29, 1.82) is 0 Å². The second kappa shape index (κ2) is 11.7. The second-order valence-electron chi connectivity index (χ2n) is 8.00. The minimum atomic E-state index is -0.478. The van der Waals surface area contributed by atoms with Gasteiger partial charge >= 0.3 is 6.09 Å². The van der Waals surface area contributed by atoms with Crippen molar-refractivity contribution in [2.45, 2.75) is 20.0 Å². The normalized spacial score (nSPS) is 16.3. The van der Waals surface area contributed by atoms with E-state index in [0.29, 0.717) is 35.6 Å². The number of ether oxygens (including phenoxy) is 1. The summed E-state index contributed by atoms with van der Waals surface area (Å²) in [7, 11) is 1.54. The standard InChI is InChI=1S/C23H33FN8O2/c1-4-31(5-2)11-10-27-14-18-15-32(23(33)34-18)17-7-8-19(20(24)12-17)16-6-9-21(28-13-16)22(25)29-30(3)26/h6-9,12-13,18,27H,4-5,10-11,14-15,26H2,1-3H3,(H2,25,29)/t18-/m0/s1. The number of amides is 1. The number of nitrogens with one attached hydrogen (secondary N) is 1. The number of carbonyl (C=O) groups excluding carboxylic acids is 1. The van der Waals surface area contributed by atoms with Gasteiger partial charge in [-0.25, -0.2) is 20.1 Å². The molecule has 1 amide bonds. The molecule has 1 fully saturated rings. The Bertz CT molecular complexity index is 995. The molecule has 1 aliphatic heterocycles. The number of rotatable bonds is 11. The maximum Gasteiger partial charge on any atom is 0.414 e. The quantitative estimate of drug-likeness (QED) is 0.148. The van der Waals surface area contributed by atoms with E-state index in [-0.39, 0.29) is 11.9 Å². The number of hydrogen-bond donors (Lipinski definition) is 3. The third-order valence-corrected chi connectivity index (χ3v) is 5.61. The van der Waals surface area contributed by atoms with Gasteiger partial charge in [0.15, 0.2) is 5.84 Å². The minimum Gasteiger partial charge on any atom is -0.443 e. The van der Waals surface area contributed by atoms with Crippen molar-refractivity contribution >= 4 is 17.6 Å². The van der Waals surface area contributed by atoms with Crippen LogP contribution in [-0.2, 0) is 4.74 Å². The number of aromatic nitrogens is 1. The fourth-order valence-electron chi connectivity index (χ4n) is 3.71. The summed E-state index contributed by atoms with van der Waals surface area (Å²) in [5.74, 6) is 5.14. The van der Waals surface area contributed by atoms with Gasteiger partial charge in [0, 0.05) is 44.0 Å². The van der Waals surface area contributed by atoms with Crippen LogP contribution in [0.1, 0.15) is 19.5 Å². The summed E-state index contributed by atoms with van der Waals surface area (Å²) < 4.78 is 20.4. The molecule has 1 aromatic carbocycles. The van der Waals surface area contributed by atoms with E-state index in [2.05, 4.69) is 34.1 Å². The van der Waals surface area contributed by atoms with Gasteiger partial charge in [-0.15, -0.1) is 5.10 Å². The van der Waals surface area contributed by atoms with Crippen molar-refractivity contribution < 1.29 is 13.9 Å². The zero-order chi connectivity index (χ0) is 24.7. The van der Waals surface area contributed by atoms with Crippen LogP contribution in [0.15, 0.2) is 41.6 Å². The SMILES string of the molecule is CCN(CC)CCNC[C@H]1CN(c2ccc(-c3ccc(/C(N)=N/N(C)N)nc3)c(F)c2)C(=O)O1. The molecule has 1 atom stereocenters. The number of cyclic esters (lactones) is 1. The number of nitrogens with zero attached hydrogens (tertiary/aromatic N) is 5. The van der Waals surface area contributed by atoms with Crippen LogP contribution in [0.3, 0.4) is 0 Å². The monoisotopic (exact) mass is 472 g/mol. The molecule has 2 aromatic rings. The average Bonchev–Trinajstić information content (AvgIpc) is 3.19. The van der Waals surface area contributed by atoms with Crippen LogP contribution in [0.2, 0.25) is 0 Å². The van der Waals surface area contributed by atoms with Crippen molar-refractivity contribution in [2.24, 2.45) is 16.7 Å². The molecule has 0 aliphatic carbocycles. The summed E-state index contributed by atoms with van der Waals surface area (Å²) in [6.07, 6.45) is 0.743. The minimum absolute atomic E-state index is 0.150. The Labute approximate surface area is 199 Å². The molecule has 0 saturated carbocycles. The van der Waals surface area contributed by atoms with Crippen LogP contribution in [0.5, 0.6) is 0 Å². The van der Waals surface area contributed by atoms with E-state index < -0.39 is 11.9 Å². The molecule has 11 heteroatoms. The van der Waals surface area contributed by atoms with Gasteiger partial charge in [0.05, 0.1) is 12.2 Å². The predicted molar refractivity (Wildman–Crippen MR) is 131 cm³/mol. The van der Waals surface area contributed by atoms with Crippen molar-refractivity contribution in [3.63, 3.8) is 0 Å². The predicted octanol–water partition coefficient (Wildman–Crippen LogP) is 1.57. The number of amidine groups is 1. The highest BCUT2D eigenvalue weighted by Crippen LogP contribution is 2.28. The van der Waals surface area contributed by atoms with Gasteiger partial charge in [-0.1, -0.05) is 19.9 Å². The first-order chi connectivity index (χ1) is 16.3. The molecule has 0 spiro atoms. The summed E-state index contributed by atoms with van der Waals surface area (Å²) in [6.45, 7) is 8.91. The first-order valence-corrected chi connectivity index (χ1v) is 11.3. The number of halogens is 1. The largest absolute Gasteiger partial charge is 0.443 e. The Kier molecular flexibility index (Phi) is 8.74. The Morgan fingerprint density at radius 1 is 1.32 bits per heavy atom. The fraction of sp³-hybridized carbons (Fsp3) is 0.435. The van der Waals surface area contributed by atoms with E-state index in [0.717, 1.165) is 31.3 Å². The molecule has 34 heavy (non-hydrogen) atoms. The number of nitrogens with two attached hydrogens (primary N) is 2. The van der Waals surface area contributed by atoms with Crippen molar-refractivity contribution in [2.75, 3.05) is 51.2 Å². The average molecular weight is 473 g/mol. The lowest BCUT2D eigenvalue weighted by molar-refractivity contribution is 0.139. The van der Waals surface area contributed by atoms with E-state index in [4.69, 9.17) is 16.3 Å². The number of likely N-dealkylation sites (N-methyl/N-ethyl adjacent to an activating group) is 1. The Hall–Kier alpha value is -3.28. The molecule has 1 saturated heterocycles. The van der Waals surface area contributed by atoms with Crippen molar-refractivity contribution in [1.82, 2.24) is 20.3 Å². The number of anilines is 1. The molecule has 0 unspecified atom stereocenters. The number of hydrazine groups is 1. The van der Waals surface area contributed by atoms with Crippen molar-refractivity contribution in [3.8, 4) is 11.1 Å². The zero-order valence-corrected chi connectivity index (χ0v) is 19.9. The Morgan fingerprint density at radius 2 is 2.09 bits per heavy atom. The lowest BCUT2D eigenvalue weighted by Gasteiger charge is -2.18. The van der Waals surface area contributed by atoms with Gasteiger partial charge in [-0.2, -0.15) is 0 Å². The fourth-order valence-corrected chi connectivity index (χ4v) is 3.71. The van der Waals surface area contributed by atoms with Crippen LogP contribution >= 0.6 is 0 Å². The summed E-state index contributed by atoms with van der Waals surface area (Å²) in [5, 5.41) is 8.30. The summed E-state index contributed by atoms with van der Waals surface area (Å²) in [5.41, 5.74) is 7.63. The topological polar surface area (TPSA) is 125 Å². The van der Waals surface area contributed by atoms with Crippen LogP contribution in [0.25, 0.3) is 11.1 Å². The number of hydrazone groups is 1. The van der Waals surface area contributed by atoms with Gasteiger partial charge < -0.3 is 20.7 Å². The summed E-state index contributed by atoms with van der Waals surface area (Å²) in [4.78, 5) is 20.4. The van der Waals surface area contributed by atoms with E-state index >= 15 is 0 Å². The van der Waals surface area contributed by atoms with E-state index in [1.807, 2.05) is 0 Å². The molecule has 3 rings (SSSR count). The number of hydrogen-bond acceptors (Lipinski definition) is 8. The lowest BCUT2D eigenvalue weighted by Crippen LogP contribution is -2.36. The highest BCUT2D eigenvalue weighted by Gasteiger charge is 2.32. The van der Waals surface area contributed by atoms with E-state index in [1.165, 1.54) is 17.2 Å². The third kappa shape index (κ3) is 6.40. The highest BCUT2D eigenvalue weighted by molar-refractivity contribution is 5.95. The van der Waals surface area contributed by atoms with E-state index in [9.17, 15) is 9.18 Å². The molecule has 184 valence electrons. The molecule has 1 aromatic heterocycles. The first kappa shape index (κ1) is 25.3. The van der Waals surface area contributed by atoms with Crippen LogP contribution in [0.4, 0.5) is 14.9 Å². The lowest BCUT2D eigenvalue weighted by atomic mass is 10.1. The highest BCUT2D eigenvalue weighted by atomic mass is 19.1. The first-order valence-electron chi connectivity index (χ1n) is 11.3. The Morgan fingerprint density at radius 3 is 2.71 bits per heavy atom. The van der Waals surface area contributed by atoms with Crippen LogP contribution in [0, 0.1) is 5.82 Å². The van der Waals surface area contributed by atoms with Gasteiger partial charge in [0.25, 0.3) is 0 Å². The number of benzene rings is 1.